The molecule has 0 radical (unpaired) electrons. The highest BCUT2D eigenvalue weighted by Gasteiger charge is 2.12. The van der Waals surface area contributed by atoms with Crippen LogP contribution in [0.15, 0.2) is 42.7 Å². The van der Waals surface area contributed by atoms with Gasteiger partial charge in [-0.05, 0) is 43.2 Å². The lowest BCUT2D eigenvalue weighted by Gasteiger charge is -2.09. The third kappa shape index (κ3) is 4.14. The average Bonchev–Trinajstić information content (AvgIpc) is 2.48. The predicted molar refractivity (Wildman–Crippen MR) is 79.3 cm³/mol. The normalized spacial score (nSPS) is 10.1. The monoisotopic (exact) mass is 284 g/mol. The number of pyridine rings is 1. The van der Waals surface area contributed by atoms with Gasteiger partial charge in [0.15, 0.2) is 0 Å². The van der Waals surface area contributed by atoms with Gasteiger partial charge in [0, 0.05) is 18.8 Å². The second kappa shape index (κ2) is 6.65. The molecule has 1 aromatic carbocycles. The number of nitrogens with one attached hydrogen (secondary N) is 1. The number of aromatic carboxylic acids is 1. The van der Waals surface area contributed by atoms with Crippen LogP contribution in [0.4, 0.5) is 5.69 Å². The third-order valence-corrected chi connectivity index (χ3v) is 3.07. The zero-order valence-corrected chi connectivity index (χ0v) is 11.7. The topological polar surface area (TPSA) is 79.3 Å². The quantitative estimate of drug-likeness (QED) is 0.884. The lowest BCUT2D eigenvalue weighted by atomic mass is 10.1. The van der Waals surface area contributed by atoms with E-state index in [9.17, 15) is 9.59 Å². The molecule has 2 N–H and O–H groups in total. The van der Waals surface area contributed by atoms with Crippen molar-refractivity contribution in [3.63, 3.8) is 0 Å². The molecule has 1 heterocycles. The molecule has 5 heteroatoms. The van der Waals surface area contributed by atoms with Crippen molar-refractivity contribution in [3.8, 4) is 0 Å². The molecular weight excluding hydrogens is 268 g/mol. The molecule has 0 saturated carbocycles. The number of carbonyl (C=O) groups excluding carboxylic acids is 1. The first kappa shape index (κ1) is 14.7. The molecular formula is C16H16N2O3. The zero-order chi connectivity index (χ0) is 15.2. The van der Waals surface area contributed by atoms with E-state index in [4.69, 9.17) is 5.11 Å². The van der Waals surface area contributed by atoms with Crippen molar-refractivity contribution in [2.75, 3.05) is 5.32 Å². The Bertz CT molecular complexity index is 654. The fourth-order valence-electron chi connectivity index (χ4n) is 1.96. The molecule has 0 aliphatic heterocycles. The van der Waals surface area contributed by atoms with E-state index < -0.39 is 5.97 Å². The molecule has 0 saturated heterocycles. The fourth-order valence-corrected chi connectivity index (χ4v) is 1.96. The average molecular weight is 284 g/mol. The molecule has 0 fully saturated rings. The van der Waals surface area contributed by atoms with Crippen LogP contribution in [-0.4, -0.2) is 22.0 Å². The molecule has 0 bridgehead atoms. The summed E-state index contributed by atoms with van der Waals surface area (Å²) < 4.78 is 0. The second-order valence-corrected chi connectivity index (χ2v) is 4.76. The maximum atomic E-state index is 11.9. The summed E-state index contributed by atoms with van der Waals surface area (Å²) in [4.78, 5) is 27.0. The van der Waals surface area contributed by atoms with Gasteiger partial charge in [0.2, 0.25) is 5.91 Å². The number of carboxylic acid groups (broad SMARTS) is 1. The Balaban J connectivity index is 2.01. The van der Waals surface area contributed by atoms with E-state index in [-0.39, 0.29) is 17.9 Å². The van der Waals surface area contributed by atoms with Crippen molar-refractivity contribution >= 4 is 17.6 Å². The number of carbonyl (C=O) groups is 2. The van der Waals surface area contributed by atoms with Crippen molar-refractivity contribution in [1.82, 2.24) is 4.98 Å². The Morgan fingerprint density at radius 1 is 1.19 bits per heavy atom. The van der Waals surface area contributed by atoms with Crippen LogP contribution < -0.4 is 5.32 Å². The van der Waals surface area contributed by atoms with Gasteiger partial charge in [0.25, 0.3) is 0 Å². The van der Waals surface area contributed by atoms with Gasteiger partial charge in [-0.15, -0.1) is 0 Å². The largest absolute Gasteiger partial charge is 0.478 e. The number of aromatic nitrogens is 1. The van der Waals surface area contributed by atoms with E-state index in [1.165, 1.54) is 0 Å². The van der Waals surface area contributed by atoms with Crippen LogP contribution in [0.1, 0.15) is 27.9 Å². The lowest BCUT2D eigenvalue weighted by molar-refractivity contribution is -0.116. The molecule has 5 nitrogen and oxygen atoms in total. The van der Waals surface area contributed by atoms with Crippen LogP contribution in [0.25, 0.3) is 0 Å². The maximum Gasteiger partial charge on any atom is 0.337 e. The standard InChI is InChI=1S/C16H16N2O3/c1-11-2-4-14(13(10-11)16(20)21)18-15(19)5-3-12-6-8-17-9-7-12/h2,4,6-10H,3,5H2,1H3,(H,18,19)(H,20,21). The molecule has 0 atom stereocenters. The maximum absolute atomic E-state index is 11.9. The number of benzene rings is 1. The first-order valence-corrected chi connectivity index (χ1v) is 6.59. The minimum absolute atomic E-state index is 0.104. The van der Waals surface area contributed by atoms with Gasteiger partial charge >= 0.3 is 5.97 Å². The SMILES string of the molecule is Cc1ccc(NC(=O)CCc2ccncc2)c(C(=O)O)c1. The summed E-state index contributed by atoms with van der Waals surface area (Å²) in [5.74, 6) is -1.26. The minimum Gasteiger partial charge on any atom is -0.478 e. The summed E-state index contributed by atoms with van der Waals surface area (Å²) in [5.41, 5.74) is 2.28. The Hall–Kier alpha value is -2.69. The molecule has 0 unspecified atom stereocenters. The number of amides is 1. The highest BCUT2D eigenvalue weighted by molar-refractivity contribution is 6.00. The molecule has 2 rings (SSSR count). The summed E-state index contributed by atoms with van der Waals surface area (Å²) >= 11 is 0. The predicted octanol–water partition coefficient (Wildman–Crippen LogP) is 2.66. The summed E-state index contributed by atoms with van der Waals surface area (Å²) in [6.07, 6.45) is 4.23. The van der Waals surface area contributed by atoms with Crippen LogP contribution in [0.3, 0.4) is 0 Å². The van der Waals surface area contributed by atoms with E-state index in [1.54, 1.807) is 30.6 Å². The smallest absolute Gasteiger partial charge is 0.337 e. The molecule has 1 amide bonds. The Labute approximate surface area is 122 Å². The van der Waals surface area contributed by atoms with Crippen molar-refractivity contribution in [3.05, 3.63) is 59.4 Å². The third-order valence-electron chi connectivity index (χ3n) is 3.07. The van der Waals surface area contributed by atoms with E-state index in [1.807, 2.05) is 19.1 Å². The summed E-state index contributed by atoms with van der Waals surface area (Å²) in [5, 5.41) is 11.8. The Morgan fingerprint density at radius 3 is 2.57 bits per heavy atom. The van der Waals surface area contributed by atoms with Gasteiger partial charge in [-0.25, -0.2) is 4.79 Å². The van der Waals surface area contributed by atoms with E-state index >= 15 is 0 Å². The fraction of sp³-hybridized carbons (Fsp3) is 0.188. The van der Waals surface area contributed by atoms with Crippen LogP contribution in [0.5, 0.6) is 0 Å². The number of rotatable bonds is 5. The van der Waals surface area contributed by atoms with Crippen LogP contribution in [-0.2, 0) is 11.2 Å². The zero-order valence-electron chi connectivity index (χ0n) is 11.7. The van der Waals surface area contributed by atoms with Crippen molar-refractivity contribution in [1.29, 1.82) is 0 Å². The number of hydrogen-bond acceptors (Lipinski definition) is 3. The van der Waals surface area contributed by atoms with Gasteiger partial charge in [0.05, 0.1) is 11.3 Å². The summed E-state index contributed by atoms with van der Waals surface area (Å²) in [6, 6.07) is 8.62. The number of anilines is 1. The first-order valence-electron chi connectivity index (χ1n) is 6.59. The second-order valence-electron chi connectivity index (χ2n) is 4.76. The van der Waals surface area contributed by atoms with Gasteiger partial charge in [0.1, 0.15) is 0 Å². The Kier molecular flexibility index (Phi) is 4.66. The van der Waals surface area contributed by atoms with Crippen LogP contribution in [0.2, 0.25) is 0 Å². The van der Waals surface area contributed by atoms with Crippen molar-refractivity contribution in [2.45, 2.75) is 19.8 Å². The van der Waals surface area contributed by atoms with Crippen molar-refractivity contribution in [2.24, 2.45) is 0 Å². The van der Waals surface area contributed by atoms with E-state index in [0.717, 1.165) is 11.1 Å². The van der Waals surface area contributed by atoms with Gasteiger partial charge < -0.3 is 10.4 Å². The number of hydrogen-bond donors (Lipinski definition) is 2. The molecule has 1 aromatic heterocycles. The number of carboxylic acids is 1. The van der Waals surface area contributed by atoms with Gasteiger partial charge in [-0.1, -0.05) is 11.6 Å². The number of aryl methyl sites for hydroxylation is 2. The highest BCUT2D eigenvalue weighted by atomic mass is 16.4. The molecule has 108 valence electrons. The molecule has 0 aliphatic rings. The van der Waals surface area contributed by atoms with Crippen LogP contribution in [0, 0.1) is 6.92 Å². The molecule has 21 heavy (non-hydrogen) atoms. The Morgan fingerprint density at radius 2 is 1.90 bits per heavy atom. The first-order chi connectivity index (χ1) is 10.1. The van der Waals surface area contributed by atoms with Crippen molar-refractivity contribution < 1.29 is 14.7 Å². The summed E-state index contributed by atoms with van der Waals surface area (Å²) in [6.45, 7) is 1.81. The van der Waals surface area contributed by atoms with E-state index in [2.05, 4.69) is 10.3 Å². The van der Waals surface area contributed by atoms with Gasteiger partial charge in [-0.3, -0.25) is 9.78 Å². The van der Waals surface area contributed by atoms with Crippen LogP contribution >= 0.6 is 0 Å². The van der Waals surface area contributed by atoms with E-state index in [0.29, 0.717) is 12.1 Å². The highest BCUT2D eigenvalue weighted by Crippen LogP contribution is 2.18. The molecule has 0 aliphatic carbocycles. The minimum atomic E-state index is -1.05. The number of nitrogens with zero attached hydrogens (tertiary/aromatic N) is 1. The molecule has 2 aromatic rings. The summed E-state index contributed by atoms with van der Waals surface area (Å²) in [7, 11) is 0. The van der Waals surface area contributed by atoms with Gasteiger partial charge in [-0.2, -0.15) is 0 Å². The lowest BCUT2D eigenvalue weighted by Crippen LogP contribution is -2.15. The molecule has 0 spiro atoms.